The largest absolute Gasteiger partial charge is 0.382 e. The second kappa shape index (κ2) is 7.08. The third kappa shape index (κ3) is 3.95. The van der Waals surface area contributed by atoms with E-state index in [2.05, 4.69) is 22.4 Å². The normalized spacial score (nSPS) is 10.4. The van der Waals surface area contributed by atoms with E-state index in [1.54, 1.807) is 11.9 Å². The Balaban J connectivity index is 1.98. The first kappa shape index (κ1) is 15.3. The minimum Gasteiger partial charge on any atom is -0.382 e. The van der Waals surface area contributed by atoms with E-state index in [0.29, 0.717) is 22.4 Å². The molecule has 6 heteroatoms. The highest BCUT2D eigenvalue weighted by Crippen LogP contribution is 2.25. The smallest absolute Gasteiger partial charge is 0.267 e. The van der Waals surface area contributed by atoms with Crippen molar-refractivity contribution in [2.75, 3.05) is 31.2 Å². The minimum atomic E-state index is -0.0786. The van der Waals surface area contributed by atoms with Crippen molar-refractivity contribution in [3.05, 3.63) is 40.8 Å². The number of thiazole rings is 1. The lowest BCUT2D eigenvalue weighted by Gasteiger charge is -2.16. The lowest BCUT2D eigenvalue weighted by molar-refractivity contribution is 0.0802. The maximum Gasteiger partial charge on any atom is 0.267 e. The second-order valence-corrected chi connectivity index (χ2v) is 5.73. The molecule has 3 N–H and O–H groups in total. The number of aromatic nitrogens is 1. The van der Waals surface area contributed by atoms with Crippen molar-refractivity contribution in [1.29, 1.82) is 0 Å². The van der Waals surface area contributed by atoms with E-state index in [0.717, 1.165) is 13.0 Å². The maximum atomic E-state index is 12.4. The average molecular weight is 304 g/mol. The van der Waals surface area contributed by atoms with Gasteiger partial charge in [0.1, 0.15) is 10.7 Å². The fourth-order valence-corrected chi connectivity index (χ4v) is 2.88. The number of hydrogen-bond acceptors (Lipinski definition) is 5. The van der Waals surface area contributed by atoms with Gasteiger partial charge in [0.25, 0.3) is 5.91 Å². The molecule has 21 heavy (non-hydrogen) atoms. The molecule has 0 aliphatic rings. The Morgan fingerprint density at radius 3 is 2.76 bits per heavy atom. The standard InChI is InChI=1S/C15H20N4OS/c1-3-17-15-18-13(16)12(21-15)14(20)19(2)10-9-11-7-5-4-6-8-11/h4-8H,3,9-10,16H2,1-2H3,(H,17,18). The van der Waals surface area contributed by atoms with Crippen molar-refractivity contribution < 1.29 is 4.79 Å². The van der Waals surface area contributed by atoms with Crippen LogP contribution in [0.15, 0.2) is 30.3 Å². The molecule has 0 saturated carbocycles. The first-order valence-electron chi connectivity index (χ1n) is 6.91. The minimum absolute atomic E-state index is 0.0786. The van der Waals surface area contributed by atoms with Crippen LogP contribution in [0.2, 0.25) is 0 Å². The van der Waals surface area contributed by atoms with Crippen molar-refractivity contribution in [2.24, 2.45) is 0 Å². The van der Waals surface area contributed by atoms with E-state index in [-0.39, 0.29) is 5.91 Å². The Morgan fingerprint density at radius 1 is 1.38 bits per heavy atom. The zero-order valence-corrected chi connectivity index (χ0v) is 13.1. The zero-order chi connectivity index (χ0) is 15.2. The molecule has 0 aliphatic heterocycles. The van der Waals surface area contributed by atoms with Crippen LogP contribution in [0.25, 0.3) is 0 Å². The van der Waals surface area contributed by atoms with Crippen molar-refractivity contribution in [3.8, 4) is 0 Å². The number of hydrogen-bond donors (Lipinski definition) is 2. The maximum absolute atomic E-state index is 12.4. The summed E-state index contributed by atoms with van der Waals surface area (Å²) in [6, 6.07) is 10.1. The summed E-state index contributed by atoms with van der Waals surface area (Å²) >= 11 is 1.30. The monoisotopic (exact) mass is 304 g/mol. The quantitative estimate of drug-likeness (QED) is 0.860. The van der Waals surface area contributed by atoms with Crippen LogP contribution in [-0.4, -0.2) is 35.9 Å². The predicted octanol–water partition coefficient (Wildman–Crippen LogP) is 2.47. The number of anilines is 2. The molecule has 0 aliphatic carbocycles. The first-order valence-corrected chi connectivity index (χ1v) is 7.73. The summed E-state index contributed by atoms with van der Waals surface area (Å²) < 4.78 is 0. The van der Waals surface area contributed by atoms with Crippen molar-refractivity contribution >= 4 is 28.2 Å². The highest BCUT2D eigenvalue weighted by Gasteiger charge is 2.19. The summed E-state index contributed by atoms with van der Waals surface area (Å²) in [6.45, 7) is 3.38. The molecule has 0 bridgehead atoms. The van der Waals surface area contributed by atoms with E-state index in [1.807, 2.05) is 25.1 Å². The SMILES string of the molecule is CCNc1nc(N)c(C(=O)N(C)CCc2ccccc2)s1. The molecule has 0 saturated heterocycles. The van der Waals surface area contributed by atoms with Gasteiger partial charge in [-0.2, -0.15) is 0 Å². The number of nitrogens with one attached hydrogen (secondary N) is 1. The molecule has 1 aromatic carbocycles. The van der Waals surface area contributed by atoms with Crippen LogP contribution in [0.1, 0.15) is 22.2 Å². The van der Waals surface area contributed by atoms with Crippen molar-refractivity contribution in [2.45, 2.75) is 13.3 Å². The van der Waals surface area contributed by atoms with Gasteiger partial charge in [0.2, 0.25) is 0 Å². The lowest BCUT2D eigenvalue weighted by atomic mass is 10.1. The zero-order valence-electron chi connectivity index (χ0n) is 12.3. The number of amides is 1. The lowest BCUT2D eigenvalue weighted by Crippen LogP contribution is -2.28. The highest BCUT2D eigenvalue weighted by atomic mass is 32.1. The van der Waals surface area contributed by atoms with Gasteiger partial charge < -0.3 is 16.0 Å². The number of nitrogen functional groups attached to an aromatic ring is 1. The van der Waals surface area contributed by atoms with Gasteiger partial charge in [-0.1, -0.05) is 41.7 Å². The number of nitrogens with two attached hydrogens (primary N) is 1. The van der Waals surface area contributed by atoms with Crippen molar-refractivity contribution in [1.82, 2.24) is 9.88 Å². The van der Waals surface area contributed by atoms with Crippen LogP contribution >= 0.6 is 11.3 Å². The highest BCUT2D eigenvalue weighted by molar-refractivity contribution is 7.18. The number of nitrogens with zero attached hydrogens (tertiary/aromatic N) is 2. The molecule has 0 spiro atoms. The summed E-state index contributed by atoms with van der Waals surface area (Å²) in [4.78, 5) is 18.7. The van der Waals surface area contributed by atoms with Gasteiger partial charge in [-0.15, -0.1) is 0 Å². The second-order valence-electron chi connectivity index (χ2n) is 4.73. The molecule has 0 fully saturated rings. The summed E-state index contributed by atoms with van der Waals surface area (Å²) in [7, 11) is 1.79. The molecule has 1 aromatic heterocycles. The molecule has 1 amide bonds. The molecule has 5 nitrogen and oxygen atoms in total. The summed E-state index contributed by atoms with van der Waals surface area (Å²) in [5.41, 5.74) is 7.04. The first-order chi connectivity index (χ1) is 10.1. The molecule has 1 heterocycles. The van der Waals surface area contributed by atoms with Crippen LogP contribution in [0.5, 0.6) is 0 Å². The molecule has 2 aromatic rings. The van der Waals surface area contributed by atoms with Crippen LogP contribution < -0.4 is 11.1 Å². The summed E-state index contributed by atoms with van der Waals surface area (Å²) in [5.74, 6) is 0.220. The Morgan fingerprint density at radius 2 is 2.10 bits per heavy atom. The Kier molecular flexibility index (Phi) is 5.16. The number of rotatable bonds is 6. The number of carbonyl (C=O) groups is 1. The van der Waals surface area contributed by atoms with Gasteiger partial charge >= 0.3 is 0 Å². The van der Waals surface area contributed by atoms with Gasteiger partial charge in [0.15, 0.2) is 5.13 Å². The third-order valence-electron chi connectivity index (χ3n) is 3.10. The number of benzene rings is 1. The van der Waals surface area contributed by atoms with Gasteiger partial charge in [-0.3, -0.25) is 4.79 Å². The molecule has 0 atom stereocenters. The predicted molar refractivity (Wildman–Crippen MR) is 87.8 cm³/mol. The van der Waals surface area contributed by atoms with Crippen LogP contribution in [0, 0.1) is 0 Å². The number of carbonyl (C=O) groups excluding carboxylic acids is 1. The van der Waals surface area contributed by atoms with Gasteiger partial charge in [-0.05, 0) is 18.9 Å². The van der Waals surface area contributed by atoms with Crippen molar-refractivity contribution in [3.63, 3.8) is 0 Å². The van der Waals surface area contributed by atoms with Gasteiger partial charge in [0, 0.05) is 20.1 Å². The Labute approximate surface area is 128 Å². The van der Waals surface area contributed by atoms with Crippen LogP contribution in [0.3, 0.4) is 0 Å². The summed E-state index contributed by atoms with van der Waals surface area (Å²) in [6.07, 6.45) is 0.821. The van der Waals surface area contributed by atoms with E-state index >= 15 is 0 Å². The third-order valence-corrected chi connectivity index (χ3v) is 4.12. The average Bonchev–Trinajstić information content (AvgIpc) is 2.86. The molecule has 112 valence electrons. The van der Waals surface area contributed by atoms with E-state index in [4.69, 9.17) is 5.73 Å². The fourth-order valence-electron chi connectivity index (χ4n) is 1.93. The molecule has 0 radical (unpaired) electrons. The molecule has 0 unspecified atom stereocenters. The Bertz CT molecular complexity index is 597. The van der Waals surface area contributed by atoms with Crippen LogP contribution in [-0.2, 0) is 6.42 Å². The van der Waals surface area contributed by atoms with E-state index in [9.17, 15) is 4.79 Å². The van der Waals surface area contributed by atoms with E-state index in [1.165, 1.54) is 16.9 Å². The molecule has 2 rings (SSSR count). The van der Waals surface area contributed by atoms with Crippen LogP contribution in [0.4, 0.5) is 10.9 Å². The molecular weight excluding hydrogens is 284 g/mol. The van der Waals surface area contributed by atoms with Gasteiger partial charge in [0.05, 0.1) is 0 Å². The van der Waals surface area contributed by atoms with E-state index < -0.39 is 0 Å². The topological polar surface area (TPSA) is 71.2 Å². The molecular formula is C15H20N4OS. The Hall–Kier alpha value is -2.08. The summed E-state index contributed by atoms with van der Waals surface area (Å²) in [5, 5.41) is 3.77. The fraction of sp³-hybridized carbons (Fsp3) is 0.333. The van der Waals surface area contributed by atoms with Gasteiger partial charge in [-0.25, -0.2) is 4.98 Å². The number of likely N-dealkylation sites (N-methyl/N-ethyl adjacent to an activating group) is 1.